The molecule has 0 spiro atoms. The molecule has 1 aliphatic rings. The van der Waals surface area contributed by atoms with Crippen LogP contribution < -0.4 is 5.32 Å². The van der Waals surface area contributed by atoms with Crippen LogP contribution in [0.5, 0.6) is 0 Å². The molecule has 120 valence electrons. The highest BCUT2D eigenvalue weighted by molar-refractivity contribution is 7.99. The number of nitrogens with zero attached hydrogens (tertiary/aromatic N) is 1. The molecule has 0 saturated carbocycles. The van der Waals surface area contributed by atoms with E-state index >= 15 is 0 Å². The Morgan fingerprint density at radius 3 is 2.86 bits per heavy atom. The van der Waals surface area contributed by atoms with E-state index < -0.39 is 11.7 Å². The minimum Gasteiger partial charge on any atom is -0.444 e. The third kappa shape index (κ3) is 6.86. The largest absolute Gasteiger partial charge is 0.444 e. The fourth-order valence-electron chi connectivity index (χ4n) is 1.66. The first-order valence-electron chi connectivity index (χ1n) is 6.94. The minimum atomic E-state index is -0.480. The number of ether oxygens (including phenoxy) is 1. The van der Waals surface area contributed by atoms with Crippen molar-refractivity contribution in [2.75, 3.05) is 24.7 Å². The third-order valence-electron chi connectivity index (χ3n) is 2.54. The van der Waals surface area contributed by atoms with Gasteiger partial charge in [-0.05, 0) is 20.8 Å². The lowest BCUT2D eigenvalue weighted by Crippen LogP contribution is -2.53. The van der Waals surface area contributed by atoms with Gasteiger partial charge in [0.15, 0.2) is 0 Å². The van der Waals surface area contributed by atoms with Gasteiger partial charge in [0.2, 0.25) is 5.91 Å². The van der Waals surface area contributed by atoms with Crippen molar-refractivity contribution in [3.05, 3.63) is 12.7 Å². The maximum atomic E-state index is 11.4. The Morgan fingerprint density at radius 1 is 1.57 bits per heavy atom. The molecule has 2 amide bonds. The number of hydroxylamine groups is 2. The Bertz CT molecular complexity index is 382. The summed E-state index contributed by atoms with van der Waals surface area (Å²) >= 11 is 1.67. The van der Waals surface area contributed by atoms with Gasteiger partial charge in [-0.15, -0.1) is 6.58 Å². The quantitative estimate of drug-likeness (QED) is 0.421. The van der Waals surface area contributed by atoms with Crippen LogP contribution in [0.1, 0.15) is 27.2 Å². The average Bonchev–Trinajstić information content (AvgIpc) is 2.35. The summed E-state index contributed by atoms with van der Waals surface area (Å²) in [6.45, 7) is 9.90. The smallest absolute Gasteiger partial charge is 0.407 e. The fraction of sp³-hybridized carbons (Fsp3) is 0.714. The van der Waals surface area contributed by atoms with Gasteiger partial charge in [-0.1, -0.05) is 6.08 Å². The Morgan fingerprint density at radius 2 is 2.29 bits per heavy atom. The van der Waals surface area contributed by atoms with Crippen LogP contribution in [0.4, 0.5) is 4.79 Å². The standard InChI is InChI=1S/C14H24N2O4S/c1-5-7-19-16-11(9-12(16)17)10-21-8-6-15-13(18)20-14(2,3)4/h5,11H,1,6-10H2,2-4H3,(H,15,18). The van der Waals surface area contributed by atoms with Crippen molar-refractivity contribution >= 4 is 23.8 Å². The molecule has 0 radical (unpaired) electrons. The Kier molecular flexibility index (Phi) is 7.04. The highest BCUT2D eigenvalue weighted by Crippen LogP contribution is 2.23. The molecular weight excluding hydrogens is 292 g/mol. The van der Waals surface area contributed by atoms with Gasteiger partial charge in [0, 0.05) is 18.1 Å². The lowest BCUT2D eigenvalue weighted by molar-refractivity contribution is -0.219. The number of carbonyl (C=O) groups excluding carboxylic acids is 2. The Labute approximate surface area is 130 Å². The van der Waals surface area contributed by atoms with Gasteiger partial charge in [-0.25, -0.2) is 9.86 Å². The summed E-state index contributed by atoms with van der Waals surface area (Å²) in [5.41, 5.74) is -0.480. The maximum absolute atomic E-state index is 11.4. The number of hydrogen-bond donors (Lipinski definition) is 1. The second kappa shape index (κ2) is 8.29. The zero-order chi connectivity index (χ0) is 15.9. The van der Waals surface area contributed by atoms with Gasteiger partial charge in [0.1, 0.15) is 5.60 Å². The van der Waals surface area contributed by atoms with Crippen LogP contribution in [0.2, 0.25) is 0 Å². The van der Waals surface area contributed by atoms with Crippen molar-refractivity contribution in [3.63, 3.8) is 0 Å². The van der Waals surface area contributed by atoms with Crippen molar-refractivity contribution in [1.82, 2.24) is 10.4 Å². The average molecular weight is 316 g/mol. The summed E-state index contributed by atoms with van der Waals surface area (Å²) in [5, 5.41) is 4.11. The molecule has 0 bridgehead atoms. The van der Waals surface area contributed by atoms with E-state index in [1.54, 1.807) is 17.8 Å². The summed E-state index contributed by atoms with van der Waals surface area (Å²) in [4.78, 5) is 28.0. The predicted octanol–water partition coefficient (Wildman–Crippen LogP) is 1.96. The van der Waals surface area contributed by atoms with Gasteiger partial charge in [0.05, 0.1) is 19.1 Å². The third-order valence-corrected chi connectivity index (χ3v) is 3.66. The van der Waals surface area contributed by atoms with Crippen LogP contribution in [0.25, 0.3) is 0 Å². The molecule has 1 atom stereocenters. The first-order chi connectivity index (χ1) is 9.83. The van der Waals surface area contributed by atoms with Gasteiger partial charge in [-0.3, -0.25) is 9.63 Å². The van der Waals surface area contributed by atoms with Crippen molar-refractivity contribution in [3.8, 4) is 0 Å². The van der Waals surface area contributed by atoms with E-state index in [9.17, 15) is 9.59 Å². The molecular formula is C14H24N2O4S. The minimum absolute atomic E-state index is 0.00864. The van der Waals surface area contributed by atoms with Gasteiger partial charge < -0.3 is 10.1 Å². The molecule has 1 saturated heterocycles. The van der Waals surface area contributed by atoms with Crippen molar-refractivity contribution < 1.29 is 19.2 Å². The first-order valence-corrected chi connectivity index (χ1v) is 8.09. The predicted molar refractivity (Wildman–Crippen MR) is 83.0 cm³/mol. The second-order valence-corrected chi connectivity index (χ2v) is 6.82. The van der Waals surface area contributed by atoms with Crippen molar-refractivity contribution in [2.24, 2.45) is 0 Å². The molecule has 1 unspecified atom stereocenters. The Balaban J connectivity index is 2.08. The molecule has 0 aromatic rings. The molecule has 6 nitrogen and oxygen atoms in total. The zero-order valence-corrected chi connectivity index (χ0v) is 13.7. The van der Waals surface area contributed by atoms with Crippen LogP contribution in [0, 0.1) is 0 Å². The molecule has 0 aromatic carbocycles. The van der Waals surface area contributed by atoms with Gasteiger partial charge >= 0.3 is 6.09 Å². The number of nitrogens with one attached hydrogen (secondary N) is 1. The van der Waals surface area contributed by atoms with E-state index in [0.29, 0.717) is 19.6 Å². The molecule has 7 heteroatoms. The van der Waals surface area contributed by atoms with E-state index in [1.807, 2.05) is 20.8 Å². The van der Waals surface area contributed by atoms with Crippen LogP contribution in [0.3, 0.4) is 0 Å². The van der Waals surface area contributed by atoms with Crippen molar-refractivity contribution in [1.29, 1.82) is 0 Å². The number of amides is 2. The maximum Gasteiger partial charge on any atom is 0.407 e. The first kappa shape index (κ1) is 17.8. The fourth-order valence-corrected chi connectivity index (χ4v) is 2.60. The Hall–Kier alpha value is -1.21. The number of β-lactam (4-membered cyclic amide) rings is 1. The topological polar surface area (TPSA) is 67.9 Å². The number of carbonyl (C=O) groups is 2. The molecule has 21 heavy (non-hydrogen) atoms. The SMILES string of the molecule is C=CCON1C(=O)CC1CSCCNC(=O)OC(C)(C)C. The number of thioether (sulfide) groups is 1. The number of rotatable bonds is 8. The summed E-state index contributed by atoms with van der Waals surface area (Å²) in [6.07, 6.45) is 1.72. The van der Waals surface area contributed by atoms with Crippen LogP contribution in [0.15, 0.2) is 12.7 Å². The lowest BCUT2D eigenvalue weighted by atomic mass is 10.1. The summed E-state index contributed by atoms with van der Waals surface area (Å²) in [5.74, 6) is 1.56. The highest BCUT2D eigenvalue weighted by Gasteiger charge is 2.36. The molecule has 1 rings (SSSR count). The number of hydrogen-bond acceptors (Lipinski definition) is 5. The van der Waals surface area contributed by atoms with E-state index in [2.05, 4.69) is 11.9 Å². The molecule has 1 N–H and O–H groups in total. The molecule has 0 aromatic heterocycles. The van der Waals surface area contributed by atoms with E-state index in [0.717, 1.165) is 11.5 Å². The van der Waals surface area contributed by atoms with E-state index in [1.165, 1.54) is 5.06 Å². The van der Waals surface area contributed by atoms with Crippen LogP contribution >= 0.6 is 11.8 Å². The molecule has 1 aliphatic heterocycles. The number of alkyl carbamates (subject to hydrolysis) is 1. The van der Waals surface area contributed by atoms with Crippen LogP contribution in [-0.2, 0) is 14.4 Å². The normalized spacial score (nSPS) is 18.1. The van der Waals surface area contributed by atoms with Gasteiger partial charge in [-0.2, -0.15) is 11.8 Å². The van der Waals surface area contributed by atoms with E-state index in [-0.39, 0.29) is 11.9 Å². The van der Waals surface area contributed by atoms with Crippen molar-refractivity contribution in [2.45, 2.75) is 38.8 Å². The molecule has 1 fully saturated rings. The summed E-state index contributed by atoms with van der Waals surface area (Å²) < 4.78 is 5.13. The van der Waals surface area contributed by atoms with E-state index in [4.69, 9.17) is 9.57 Å². The van der Waals surface area contributed by atoms with Gasteiger partial charge in [0.25, 0.3) is 0 Å². The molecule has 1 heterocycles. The summed E-state index contributed by atoms with van der Waals surface area (Å²) in [6, 6.07) is 0.115. The molecule has 0 aliphatic carbocycles. The second-order valence-electron chi connectivity index (χ2n) is 5.67. The lowest BCUT2D eigenvalue weighted by Gasteiger charge is -2.38. The zero-order valence-electron chi connectivity index (χ0n) is 12.9. The monoisotopic (exact) mass is 316 g/mol. The van der Waals surface area contributed by atoms with Crippen LogP contribution in [-0.4, -0.2) is 53.4 Å². The highest BCUT2D eigenvalue weighted by atomic mass is 32.2. The summed E-state index contributed by atoms with van der Waals surface area (Å²) in [7, 11) is 0.